The number of nitrogens with zero attached hydrogens (tertiary/aromatic N) is 4. The standard InChI is InChI=1S/C20H22N4O3S2/c1-12-6-4-8-23-16(12)21-17(22(2)3)14(18(23)25)10-15-19(26)24(20(28)29-15)11-13-7-5-9-27-13/h4,6,8,10,13H,5,7,9,11H2,1-3H3/b15-10+/t13-/m0/s1. The molecule has 0 N–H and O–H groups in total. The summed E-state index contributed by atoms with van der Waals surface area (Å²) < 4.78 is 7.65. The van der Waals surface area contributed by atoms with Crippen LogP contribution in [0, 0.1) is 6.92 Å². The summed E-state index contributed by atoms with van der Waals surface area (Å²) in [6.45, 7) is 3.09. The summed E-state index contributed by atoms with van der Waals surface area (Å²) in [6.07, 6.45) is 5.26. The van der Waals surface area contributed by atoms with Gasteiger partial charge in [-0.1, -0.05) is 30.0 Å². The van der Waals surface area contributed by atoms with Crippen molar-refractivity contribution in [3.05, 3.63) is 44.7 Å². The summed E-state index contributed by atoms with van der Waals surface area (Å²) in [5.41, 5.74) is 1.66. The number of anilines is 1. The highest BCUT2D eigenvalue weighted by atomic mass is 32.2. The smallest absolute Gasteiger partial charge is 0.267 e. The van der Waals surface area contributed by atoms with Crippen molar-refractivity contribution in [3.8, 4) is 0 Å². The highest BCUT2D eigenvalue weighted by molar-refractivity contribution is 8.26. The lowest BCUT2D eigenvalue weighted by Crippen LogP contribution is -2.35. The Morgan fingerprint density at radius 2 is 2.21 bits per heavy atom. The third kappa shape index (κ3) is 3.70. The minimum atomic E-state index is -0.216. The molecule has 1 amide bonds. The highest BCUT2D eigenvalue weighted by Crippen LogP contribution is 2.34. The Labute approximate surface area is 178 Å². The number of carbonyl (C=O) groups excluding carboxylic acids is 1. The van der Waals surface area contributed by atoms with E-state index in [4.69, 9.17) is 17.0 Å². The van der Waals surface area contributed by atoms with Crippen molar-refractivity contribution in [2.75, 3.05) is 32.1 Å². The average molecular weight is 431 g/mol. The number of aryl methyl sites for hydroxylation is 1. The van der Waals surface area contributed by atoms with E-state index in [0.29, 0.717) is 32.8 Å². The van der Waals surface area contributed by atoms with E-state index >= 15 is 0 Å². The first kappa shape index (κ1) is 20.1. The van der Waals surface area contributed by atoms with Crippen LogP contribution < -0.4 is 10.5 Å². The first-order valence-electron chi connectivity index (χ1n) is 9.43. The van der Waals surface area contributed by atoms with E-state index < -0.39 is 0 Å². The molecule has 2 aromatic rings. The second-order valence-corrected chi connectivity index (χ2v) is 9.04. The summed E-state index contributed by atoms with van der Waals surface area (Å²) in [5.74, 6) is 0.336. The Balaban J connectivity index is 1.76. The second kappa shape index (κ2) is 7.89. The van der Waals surface area contributed by atoms with E-state index in [1.165, 1.54) is 16.2 Å². The maximum absolute atomic E-state index is 13.2. The number of thioether (sulfide) groups is 1. The quantitative estimate of drug-likeness (QED) is 0.545. The molecule has 0 unspecified atom stereocenters. The van der Waals surface area contributed by atoms with Gasteiger partial charge in [-0.2, -0.15) is 0 Å². The zero-order chi connectivity index (χ0) is 20.7. The van der Waals surface area contributed by atoms with Crippen molar-refractivity contribution >= 4 is 51.7 Å². The molecule has 0 saturated carbocycles. The Hall–Kier alpha value is -2.23. The van der Waals surface area contributed by atoms with Gasteiger partial charge in [0, 0.05) is 26.9 Å². The normalized spacial score (nSPS) is 21.0. The number of pyridine rings is 1. The van der Waals surface area contributed by atoms with Gasteiger partial charge in [0.05, 0.1) is 23.1 Å². The number of rotatable bonds is 4. The summed E-state index contributed by atoms with van der Waals surface area (Å²) in [7, 11) is 3.66. The number of amides is 1. The topological polar surface area (TPSA) is 67.2 Å². The molecular formula is C20H22N4O3S2. The highest BCUT2D eigenvalue weighted by Gasteiger charge is 2.35. The molecule has 2 aliphatic rings. The van der Waals surface area contributed by atoms with Gasteiger partial charge in [-0.05, 0) is 37.5 Å². The fourth-order valence-electron chi connectivity index (χ4n) is 3.55. The van der Waals surface area contributed by atoms with Crippen molar-refractivity contribution in [1.29, 1.82) is 0 Å². The maximum atomic E-state index is 13.2. The minimum Gasteiger partial charge on any atom is -0.376 e. The molecule has 0 bridgehead atoms. The SMILES string of the molecule is Cc1cccn2c(=O)c(/C=C3/SC(=S)N(C[C@@H]4CCCO4)C3=O)c(N(C)C)nc12. The number of fused-ring (bicyclic) bond motifs is 1. The Morgan fingerprint density at radius 3 is 2.90 bits per heavy atom. The average Bonchev–Trinajstić information content (AvgIpc) is 3.28. The predicted octanol–water partition coefficient (Wildman–Crippen LogP) is 2.45. The molecule has 152 valence electrons. The Morgan fingerprint density at radius 1 is 1.41 bits per heavy atom. The van der Waals surface area contributed by atoms with Crippen LogP contribution in [-0.2, 0) is 9.53 Å². The molecule has 1 atom stereocenters. The molecule has 4 rings (SSSR count). The van der Waals surface area contributed by atoms with Crippen molar-refractivity contribution < 1.29 is 9.53 Å². The number of ether oxygens (including phenoxy) is 1. The number of hydrogen-bond donors (Lipinski definition) is 0. The zero-order valence-electron chi connectivity index (χ0n) is 16.5. The summed E-state index contributed by atoms with van der Waals surface area (Å²) in [4.78, 5) is 34.7. The van der Waals surface area contributed by atoms with Gasteiger partial charge in [-0.25, -0.2) is 4.98 Å². The molecule has 0 aromatic carbocycles. The molecule has 0 aliphatic carbocycles. The third-order valence-corrected chi connectivity index (χ3v) is 6.42. The summed E-state index contributed by atoms with van der Waals surface area (Å²) in [6, 6.07) is 3.72. The fraction of sp³-hybridized carbons (Fsp3) is 0.400. The molecule has 7 nitrogen and oxygen atoms in total. The van der Waals surface area contributed by atoms with Crippen LogP contribution in [0.5, 0.6) is 0 Å². The fourth-order valence-corrected chi connectivity index (χ4v) is 4.80. The molecule has 0 spiro atoms. The first-order chi connectivity index (χ1) is 13.9. The molecule has 2 fully saturated rings. The largest absolute Gasteiger partial charge is 0.376 e. The Bertz CT molecular complexity index is 1090. The summed E-state index contributed by atoms with van der Waals surface area (Å²) in [5, 5.41) is 0. The van der Waals surface area contributed by atoms with Crippen LogP contribution in [0.25, 0.3) is 11.7 Å². The van der Waals surface area contributed by atoms with Gasteiger partial charge in [0.1, 0.15) is 15.8 Å². The predicted molar refractivity (Wildman–Crippen MR) is 119 cm³/mol. The van der Waals surface area contributed by atoms with E-state index in [-0.39, 0.29) is 17.6 Å². The van der Waals surface area contributed by atoms with Crippen molar-refractivity contribution in [2.45, 2.75) is 25.9 Å². The molecule has 2 aromatic heterocycles. The minimum absolute atomic E-state index is 0.0186. The van der Waals surface area contributed by atoms with E-state index in [9.17, 15) is 9.59 Å². The Kier molecular flexibility index (Phi) is 5.46. The van der Waals surface area contributed by atoms with Crippen LogP contribution in [0.4, 0.5) is 5.82 Å². The number of carbonyl (C=O) groups is 1. The molecule has 29 heavy (non-hydrogen) atoms. The molecule has 0 radical (unpaired) electrons. The lowest BCUT2D eigenvalue weighted by Gasteiger charge is -2.18. The zero-order valence-corrected chi connectivity index (χ0v) is 18.2. The molecular weight excluding hydrogens is 408 g/mol. The van der Waals surface area contributed by atoms with Crippen LogP contribution in [0.15, 0.2) is 28.0 Å². The maximum Gasteiger partial charge on any atom is 0.267 e. The second-order valence-electron chi connectivity index (χ2n) is 7.36. The van der Waals surface area contributed by atoms with Crippen molar-refractivity contribution in [1.82, 2.24) is 14.3 Å². The van der Waals surface area contributed by atoms with Crippen molar-refractivity contribution in [3.63, 3.8) is 0 Å². The van der Waals surface area contributed by atoms with Gasteiger partial charge in [-0.3, -0.25) is 18.9 Å². The number of aromatic nitrogens is 2. The molecule has 4 heterocycles. The van der Waals surface area contributed by atoms with Gasteiger partial charge >= 0.3 is 0 Å². The lowest BCUT2D eigenvalue weighted by atomic mass is 10.2. The van der Waals surface area contributed by atoms with Gasteiger partial charge in [0.15, 0.2) is 0 Å². The van der Waals surface area contributed by atoms with Crippen LogP contribution >= 0.6 is 24.0 Å². The van der Waals surface area contributed by atoms with Crippen molar-refractivity contribution in [2.24, 2.45) is 0 Å². The molecule has 9 heteroatoms. The van der Waals surface area contributed by atoms with E-state index in [0.717, 1.165) is 25.0 Å². The van der Waals surface area contributed by atoms with Gasteiger partial charge in [0.25, 0.3) is 11.5 Å². The van der Waals surface area contributed by atoms with E-state index in [1.807, 2.05) is 33.2 Å². The van der Waals surface area contributed by atoms with Gasteiger partial charge in [0.2, 0.25) is 0 Å². The number of hydrogen-bond acceptors (Lipinski definition) is 7. The van der Waals surface area contributed by atoms with E-state index in [2.05, 4.69) is 4.98 Å². The molecule has 2 aliphatic heterocycles. The monoisotopic (exact) mass is 430 g/mol. The van der Waals surface area contributed by atoms with Crippen LogP contribution in [0.2, 0.25) is 0 Å². The van der Waals surface area contributed by atoms with Gasteiger partial charge in [-0.15, -0.1) is 0 Å². The third-order valence-electron chi connectivity index (χ3n) is 5.05. The van der Waals surface area contributed by atoms with Crippen LogP contribution in [0.3, 0.4) is 0 Å². The van der Waals surface area contributed by atoms with Crippen LogP contribution in [0.1, 0.15) is 24.0 Å². The lowest BCUT2D eigenvalue weighted by molar-refractivity contribution is -0.123. The van der Waals surface area contributed by atoms with Crippen LogP contribution in [-0.4, -0.2) is 57.9 Å². The summed E-state index contributed by atoms with van der Waals surface area (Å²) >= 11 is 6.64. The number of thiocarbonyl (C=S) groups is 1. The molecule has 2 saturated heterocycles. The van der Waals surface area contributed by atoms with Gasteiger partial charge < -0.3 is 9.64 Å². The first-order valence-corrected chi connectivity index (χ1v) is 10.7. The van der Waals surface area contributed by atoms with E-state index in [1.54, 1.807) is 22.1 Å².